The van der Waals surface area contributed by atoms with Crippen molar-refractivity contribution in [3.8, 4) is 17.0 Å². The molecule has 3 nitrogen and oxygen atoms in total. The number of ether oxygens (including phenoxy) is 1. The standard InChI is InChI=1S/C17H16N2O/c1-11-10-18-12(2)17(19-11)16-14-7-5-4-6-13(14)8-9-15(16)20-3/h4-10H,1-3H3. The number of methoxy groups -OCH3 is 1. The lowest BCUT2D eigenvalue weighted by molar-refractivity contribution is 0.417. The van der Waals surface area contributed by atoms with E-state index in [9.17, 15) is 0 Å². The summed E-state index contributed by atoms with van der Waals surface area (Å²) in [5.74, 6) is 0.826. The number of aromatic nitrogens is 2. The van der Waals surface area contributed by atoms with Crippen LogP contribution in [0.2, 0.25) is 0 Å². The first-order valence-electron chi connectivity index (χ1n) is 6.57. The van der Waals surface area contributed by atoms with Crippen LogP contribution in [0, 0.1) is 13.8 Å². The molecule has 0 aliphatic carbocycles. The highest BCUT2D eigenvalue weighted by atomic mass is 16.5. The zero-order valence-corrected chi connectivity index (χ0v) is 11.8. The summed E-state index contributed by atoms with van der Waals surface area (Å²) in [4.78, 5) is 9.08. The molecule has 1 aromatic heterocycles. The maximum absolute atomic E-state index is 5.53. The van der Waals surface area contributed by atoms with Gasteiger partial charge < -0.3 is 4.74 Å². The molecule has 0 saturated heterocycles. The van der Waals surface area contributed by atoms with E-state index in [2.05, 4.69) is 28.2 Å². The molecule has 0 radical (unpaired) electrons. The third kappa shape index (κ3) is 2.01. The Morgan fingerprint density at radius 3 is 2.60 bits per heavy atom. The van der Waals surface area contributed by atoms with E-state index in [0.29, 0.717) is 0 Å². The summed E-state index contributed by atoms with van der Waals surface area (Å²) >= 11 is 0. The molecule has 0 saturated carbocycles. The minimum atomic E-state index is 0.826. The molecule has 1 heterocycles. The quantitative estimate of drug-likeness (QED) is 0.703. The van der Waals surface area contributed by atoms with Gasteiger partial charge in [-0.05, 0) is 30.7 Å². The topological polar surface area (TPSA) is 35.0 Å². The van der Waals surface area contributed by atoms with Crippen LogP contribution < -0.4 is 4.74 Å². The van der Waals surface area contributed by atoms with Gasteiger partial charge in [-0.1, -0.05) is 30.3 Å². The largest absolute Gasteiger partial charge is 0.496 e. The minimum absolute atomic E-state index is 0.826. The highest BCUT2D eigenvalue weighted by Crippen LogP contribution is 2.36. The normalized spacial score (nSPS) is 10.8. The van der Waals surface area contributed by atoms with E-state index < -0.39 is 0 Å². The lowest BCUT2D eigenvalue weighted by Crippen LogP contribution is -1.97. The van der Waals surface area contributed by atoms with Gasteiger partial charge in [0.15, 0.2) is 0 Å². The summed E-state index contributed by atoms with van der Waals surface area (Å²) < 4.78 is 5.53. The summed E-state index contributed by atoms with van der Waals surface area (Å²) in [6, 6.07) is 12.3. The molecule has 0 atom stereocenters. The van der Waals surface area contributed by atoms with Crippen molar-refractivity contribution in [2.75, 3.05) is 7.11 Å². The Hall–Kier alpha value is -2.42. The molecule has 0 unspecified atom stereocenters. The van der Waals surface area contributed by atoms with Crippen molar-refractivity contribution < 1.29 is 4.74 Å². The lowest BCUT2D eigenvalue weighted by Gasteiger charge is -2.13. The van der Waals surface area contributed by atoms with Crippen LogP contribution in [-0.4, -0.2) is 17.1 Å². The molecule has 0 aliphatic heterocycles. The number of rotatable bonds is 2. The van der Waals surface area contributed by atoms with Crippen LogP contribution in [0.25, 0.3) is 22.0 Å². The summed E-state index contributed by atoms with van der Waals surface area (Å²) in [6.45, 7) is 3.93. The van der Waals surface area contributed by atoms with Crippen molar-refractivity contribution in [3.05, 3.63) is 54.0 Å². The molecule has 3 aromatic rings. The summed E-state index contributed by atoms with van der Waals surface area (Å²) in [5.41, 5.74) is 3.71. The molecule has 0 N–H and O–H groups in total. The summed E-state index contributed by atoms with van der Waals surface area (Å²) in [6.07, 6.45) is 1.79. The van der Waals surface area contributed by atoms with Crippen molar-refractivity contribution in [1.29, 1.82) is 0 Å². The molecule has 3 heteroatoms. The van der Waals surface area contributed by atoms with Crippen molar-refractivity contribution in [2.45, 2.75) is 13.8 Å². The van der Waals surface area contributed by atoms with Gasteiger partial charge in [0.05, 0.1) is 29.8 Å². The molecular formula is C17H16N2O. The van der Waals surface area contributed by atoms with Gasteiger partial charge in [-0.15, -0.1) is 0 Å². The third-order valence-corrected chi connectivity index (χ3v) is 3.42. The number of hydrogen-bond acceptors (Lipinski definition) is 3. The predicted octanol–water partition coefficient (Wildman–Crippen LogP) is 3.92. The first kappa shape index (κ1) is 12.6. The Labute approximate surface area is 118 Å². The molecule has 0 bridgehead atoms. The summed E-state index contributed by atoms with van der Waals surface area (Å²) in [7, 11) is 1.69. The zero-order chi connectivity index (χ0) is 14.1. The number of nitrogens with zero attached hydrogens (tertiary/aromatic N) is 2. The van der Waals surface area contributed by atoms with Gasteiger partial charge in [0.25, 0.3) is 0 Å². The Morgan fingerprint density at radius 2 is 1.80 bits per heavy atom. The maximum Gasteiger partial charge on any atom is 0.128 e. The van der Waals surface area contributed by atoms with Gasteiger partial charge in [-0.25, -0.2) is 4.98 Å². The average molecular weight is 264 g/mol. The fourth-order valence-electron chi connectivity index (χ4n) is 2.44. The maximum atomic E-state index is 5.53. The van der Waals surface area contributed by atoms with E-state index in [1.54, 1.807) is 13.3 Å². The second kappa shape index (κ2) is 4.93. The fraction of sp³-hybridized carbons (Fsp3) is 0.176. The molecule has 0 fully saturated rings. The van der Waals surface area contributed by atoms with E-state index in [1.807, 2.05) is 32.0 Å². The van der Waals surface area contributed by atoms with Crippen LogP contribution in [-0.2, 0) is 0 Å². The Morgan fingerprint density at radius 1 is 1.00 bits per heavy atom. The van der Waals surface area contributed by atoms with Gasteiger partial charge in [0.1, 0.15) is 5.75 Å². The van der Waals surface area contributed by atoms with Crippen LogP contribution in [0.5, 0.6) is 5.75 Å². The highest BCUT2D eigenvalue weighted by molar-refractivity contribution is 5.99. The molecule has 0 spiro atoms. The second-order valence-electron chi connectivity index (χ2n) is 4.81. The van der Waals surface area contributed by atoms with Gasteiger partial charge in [-0.3, -0.25) is 4.98 Å². The summed E-state index contributed by atoms with van der Waals surface area (Å²) in [5, 5.41) is 2.31. The van der Waals surface area contributed by atoms with Crippen molar-refractivity contribution in [2.24, 2.45) is 0 Å². The monoisotopic (exact) mass is 264 g/mol. The zero-order valence-electron chi connectivity index (χ0n) is 11.8. The first-order valence-corrected chi connectivity index (χ1v) is 6.57. The molecule has 0 amide bonds. The number of fused-ring (bicyclic) bond motifs is 1. The van der Waals surface area contributed by atoms with Crippen molar-refractivity contribution in [1.82, 2.24) is 9.97 Å². The highest BCUT2D eigenvalue weighted by Gasteiger charge is 2.14. The van der Waals surface area contributed by atoms with E-state index in [1.165, 1.54) is 5.39 Å². The molecule has 2 aromatic carbocycles. The van der Waals surface area contributed by atoms with Gasteiger partial charge in [0.2, 0.25) is 0 Å². The smallest absolute Gasteiger partial charge is 0.128 e. The van der Waals surface area contributed by atoms with E-state index in [0.717, 1.165) is 33.8 Å². The van der Waals surface area contributed by atoms with Gasteiger partial charge in [0, 0.05) is 6.20 Å². The van der Waals surface area contributed by atoms with Crippen molar-refractivity contribution >= 4 is 10.8 Å². The van der Waals surface area contributed by atoms with Gasteiger partial charge in [-0.2, -0.15) is 0 Å². The molecule has 20 heavy (non-hydrogen) atoms. The number of hydrogen-bond donors (Lipinski definition) is 0. The average Bonchev–Trinajstić information content (AvgIpc) is 2.48. The van der Waals surface area contributed by atoms with Crippen LogP contribution in [0.4, 0.5) is 0 Å². The fourth-order valence-corrected chi connectivity index (χ4v) is 2.44. The third-order valence-electron chi connectivity index (χ3n) is 3.42. The first-order chi connectivity index (χ1) is 9.70. The SMILES string of the molecule is COc1ccc2ccccc2c1-c1nc(C)cnc1C. The van der Waals surface area contributed by atoms with Crippen molar-refractivity contribution in [3.63, 3.8) is 0 Å². The Bertz CT molecular complexity index is 781. The number of aryl methyl sites for hydroxylation is 2. The van der Waals surface area contributed by atoms with Crippen LogP contribution in [0.3, 0.4) is 0 Å². The molecule has 3 rings (SSSR count). The lowest BCUT2D eigenvalue weighted by atomic mass is 9.99. The van der Waals surface area contributed by atoms with Crippen LogP contribution in [0.15, 0.2) is 42.6 Å². The Kier molecular flexibility index (Phi) is 3.11. The van der Waals surface area contributed by atoms with Crippen LogP contribution >= 0.6 is 0 Å². The predicted molar refractivity (Wildman–Crippen MR) is 81.0 cm³/mol. The van der Waals surface area contributed by atoms with E-state index in [-0.39, 0.29) is 0 Å². The van der Waals surface area contributed by atoms with Gasteiger partial charge >= 0.3 is 0 Å². The minimum Gasteiger partial charge on any atom is -0.496 e. The van der Waals surface area contributed by atoms with Crippen LogP contribution in [0.1, 0.15) is 11.4 Å². The Balaban J connectivity index is 2.41. The molecule has 0 aliphatic rings. The second-order valence-corrected chi connectivity index (χ2v) is 4.81. The number of benzene rings is 2. The molecule has 100 valence electrons. The van der Waals surface area contributed by atoms with E-state index in [4.69, 9.17) is 4.74 Å². The van der Waals surface area contributed by atoms with E-state index >= 15 is 0 Å². The molecular weight excluding hydrogens is 248 g/mol.